The van der Waals surface area contributed by atoms with Gasteiger partial charge in [-0.2, -0.15) is 10.2 Å². The zero-order chi connectivity index (χ0) is 14.1. The highest BCUT2D eigenvalue weighted by atomic mass is 16.1. The summed E-state index contributed by atoms with van der Waals surface area (Å²) in [7, 11) is 0. The van der Waals surface area contributed by atoms with Gasteiger partial charge in [-0.1, -0.05) is 6.07 Å². The number of carbonyl (C=O) groups is 1. The van der Waals surface area contributed by atoms with Crippen LogP contribution in [0.3, 0.4) is 0 Å². The number of H-pyrrole nitrogens is 2. The molecule has 6 heteroatoms. The van der Waals surface area contributed by atoms with Crippen LogP contribution in [-0.2, 0) is 6.54 Å². The fraction of sp³-hybridized carbons (Fsp3) is 0.214. The summed E-state index contributed by atoms with van der Waals surface area (Å²) >= 11 is 0. The number of amides is 1. The largest absolute Gasteiger partial charge is 0.348 e. The van der Waals surface area contributed by atoms with Gasteiger partial charge in [0.1, 0.15) is 0 Å². The van der Waals surface area contributed by atoms with E-state index in [0.29, 0.717) is 12.1 Å². The highest BCUT2D eigenvalue weighted by Gasteiger charge is 2.10. The van der Waals surface area contributed by atoms with Crippen LogP contribution in [0.2, 0.25) is 0 Å². The van der Waals surface area contributed by atoms with Crippen molar-refractivity contribution in [3.63, 3.8) is 0 Å². The Labute approximate surface area is 115 Å². The van der Waals surface area contributed by atoms with E-state index in [1.807, 2.05) is 19.9 Å². The number of aryl methyl sites for hydroxylation is 2. The average Bonchev–Trinajstić information content (AvgIpc) is 3.03. The smallest absolute Gasteiger partial charge is 0.251 e. The molecule has 0 aliphatic carbocycles. The minimum Gasteiger partial charge on any atom is -0.348 e. The second kappa shape index (κ2) is 4.80. The lowest BCUT2D eigenvalue weighted by Gasteiger charge is -2.05. The first-order valence-electron chi connectivity index (χ1n) is 6.37. The zero-order valence-corrected chi connectivity index (χ0v) is 11.3. The second-order valence-electron chi connectivity index (χ2n) is 4.77. The third-order valence-electron chi connectivity index (χ3n) is 3.41. The summed E-state index contributed by atoms with van der Waals surface area (Å²) in [6.07, 6.45) is 1.73. The number of fused-ring (bicyclic) bond motifs is 1. The minimum atomic E-state index is -0.110. The molecule has 1 aromatic carbocycles. The summed E-state index contributed by atoms with van der Waals surface area (Å²) in [6, 6.07) is 5.47. The number of hydrogen-bond donors (Lipinski definition) is 3. The number of nitrogens with zero attached hydrogens (tertiary/aromatic N) is 2. The molecule has 102 valence electrons. The molecule has 0 aliphatic heterocycles. The summed E-state index contributed by atoms with van der Waals surface area (Å²) in [4.78, 5) is 12.2. The number of rotatable bonds is 3. The van der Waals surface area contributed by atoms with E-state index in [-0.39, 0.29) is 5.91 Å². The number of hydrogen-bond acceptors (Lipinski definition) is 3. The Bertz CT molecular complexity index is 751. The highest BCUT2D eigenvalue weighted by Crippen LogP contribution is 2.13. The van der Waals surface area contributed by atoms with E-state index in [4.69, 9.17) is 0 Å². The molecule has 0 spiro atoms. The molecule has 0 radical (unpaired) electrons. The second-order valence-corrected chi connectivity index (χ2v) is 4.77. The number of benzene rings is 1. The SMILES string of the molecule is Cc1n[nH]c(C)c1CNC(=O)c1ccc2cn[nH]c2c1. The molecule has 2 aromatic heterocycles. The standard InChI is InChI=1S/C14H15N5O/c1-8-12(9(2)18-17-8)7-15-14(20)10-3-4-11-6-16-19-13(11)5-10/h3-6H,7H2,1-2H3,(H,15,20)(H,16,19)(H,17,18). The maximum absolute atomic E-state index is 12.2. The molecule has 3 rings (SSSR count). The van der Waals surface area contributed by atoms with E-state index in [2.05, 4.69) is 25.7 Å². The molecule has 2 heterocycles. The Balaban J connectivity index is 1.76. The lowest BCUT2D eigenvalue weighted by atomic mass is 10.1. The molecule has 0 bridgehead atoms. The fourth-order valence-corrected chi connectivity index (χ4v) is 2.18. The third-order valence-corrected chi connectivity index (χ3v) is 3.41. The van der Waals surface area contributed by atoms with Gasteiger partial charge in [-0.3, -0.25) is 15.0 Å². The van der Waals surface area contributed by atoms with Crippen molar-refractivity contribution in [1.29, 1.82) is 0 Å². The first-order chi connectivity index (χ1) is 9.65. The molecule has 3 N–H and O–H groups in total. The third kappa shape index (κ3) is 2.16. The van der Waals surface area contributed by atoms with Gasteiger partial charge in [0.25, 0.3) is 5.91 Å². The van der Waals surface area contributed by atoms with Crippen molar-refractivity contribution in [3.05, 3.63) is 46.9 Å². The van der Waals surface area contributed by atoms with E-state index >= 15 is 0 Å². The van der Waals surface area contributed by atoms with Crippen LogP contribution in [0.15, 0.2) is 24.4 Å². The number of aromatic nitrogens is 4. The Morgan fingerprint density at radius 1 is 1.30 bits per heavy atom. The molecule has 0 saturated heterocycles. The van der Waals surface area contributed by atoms with Gasteiger partial charge in [-0.15, -0.1) is 0 Å². The monoisotopic (exact) mass is 269 g/mol. The van der Waals surface area contributed by atoms with Crippen molar-refractivity contribution < 1.29 is 4.79 Å². The average molecular weight is 269 g/mol. The molecular formula is C14H15N5O. The molecular weight excluding hydrogens is 254 g/mol. The Morgan fingerprint density at radius 3 is 2.90 bits per heavy atom. The van der Waals surface area contributed by atoms with Crippen LogP contribution in [0, 0.1) is 13.8 Å². The van der Waals surface area contributed by atoms with Crippen LogP contribution in [0.25, 0.3) is 10.9 Å². The van der Waals surface area contributed by atoms with Crippen molar-refractivity contribution in [3.8, 4) is 0 Å². The van der Waals surface area contributed by atoms with Gasteiger partial charge in [0.15, 0.2) is 0 Å². The van der Waals surface area contributed by atoms with Crippen molar-refractivity contribution in [2.24, 2.45) is 0 Å². The van der Waals surface area contributed by atoms with E-state index in [1.54, 1.807) is 18.3 Å². The molecule has 1 amide bonds. The summed E-state index contributed by atoms with van der Waals surface area (Å²) in [5, 5.41) is 17.7. The fourth-order valence-electron chi connectivity index (χ4n) is 2.18. The maximum Gasteiger partial charge on any atom is 0.251 e. The van der Waals surface area contributed by atoms with Gasteiger partial charge in [0.05, 0.1) is 17.4 Å². The van der Waals surface area contributed by atoms with E-state index in [0.717, 1.165) is 27.9 Å². The van der Waals surface area contributed by atoms with E-state index in [9.17, 15) is 4.79 Å². The summed E-state index contributed by atoms with van der Waals surface area (Å²) in [5.41, 5.74) is 4.38. The first-order valence-corrected chi connectivity index (χ1v) is 6.37. The molecule has 0 aliphatic rings. The molecule has 20 heavy (non-hydrogen) atoms. The maximum atomic E-state index is 12.2. The van der Waals surface area contributed by atoms with Gasteiger partial charge in [-0.05, 0) is 26.0 Å². The van der Waals surface area contributed by atoms with Crippen LogP contribution in [-0.4, -0.2) is 26.3 Å². The molecule has 6 nitrogen and oxygen atoms in total. The van der Waals surface area contributed by atoms with E-state index < -0.39 is 0 Å². The predicted octanol–water partition coefficient (Wildman–Crippen LogP) is 1.83. The van der Waals surface area contributed by atoms with Crippen molar-refractivity contribution >= 4 is 16.8 Å². The normalized spacial score (nSPS) is 10.9. The van der Waals surface area contributed by atoms with Gasteiger partial charge in [-0.25, -0.2) is 0 Å². The van der Waals surface area contributed by atoms with Crippen LogP contribution in [0.4, 0.5) is 0 Å². The minimum absolute atomic E-state index is 0.110. The van der Waals surface area contributed by atoms with Crippen LogP contribution in [0.1, 0.15) is 27.3 Å². The Kier molecular flexibility index (Phi) is 2.98. The summed E-state index contributed by atoms with van der Waals surface area (Å²) < 4.78 is 0. The molecule has 0 unspecified atom stereocenters. The highest BCUT2D eigenvalue weighted by molar-refractivity contribution is 5.97. The van der Waals surface area contributed by atoms with Gasteiger partial charge < -0.3 is 5.32 Å². The van der Waals surface area contributed by atoms with Crippen molar-refractivity contribution in [2.45, 2.75) is 20.4 Å². The summed E-state index contributed by atoms with van der Waals surface area (Å²) in [6.45, 7) is 4.33. The van der Waals surface area contributed by atoms with Crippen LogP contribution < -0.4 is 5.32 Å². The molecule has 0 fully saturated rings. The topological polar surface area (TPSA) is 86.5 Å². The van der Waals surface area contributed by atoms with Crippen LogP contribution in [0.5, 0.6) is 0 Å². The number of aromatic amines is 2. The Morgan fingerprint density at radius 2 is 2.15 bits per heavy atom. The Hall–Kier alpha value is -2.63. The lowest BCUT2D eigenvalue weighted by molar-refractivity contribution is 0.0951. The molecule has 0 atom stereocenters. The molecule has 3 aromatic rings. The van der Waals surface area contributed by atoms with Gasteiger partial charge >= 0.3 is 0 Å². The van der Waals surface area contributed by atoms with Crippen LogP contribution >= 0.6 is 0 Å². The molecule has 0 saturated carbocycles. The van der Waals surface area contributed by atoms with Crippen molar-refractivity contribution in [1.82, 2.24) is 25.7 Å². The number of carbonyl (C=O) groups excluding carboxylic acids is 1. The van der Waals surface area contributed by atoms with Crippen molar-refractivity contribution in [2.75, 3.05) is 0 Å². The first kappa shape index (κ1) is 12.4. The lowest BCUT2D eigenvalue weighted by Crippen LogP contribution is -2.23. The quantitative estimate of drug-likeness (QED) is 0.678. The number of nitrogens with one attached hydrogen (secondary N) is 3. The predicted molar refractivity (Wildman–Crippen MR) is 75.3 cm³/mol. The van der Waals surface area contributed by atoms with Gasteiger partial charge in [0.2, 0.25) is 0 Å². The van der Waals surface area contributed by atoms with E-state index in [1.165, 1.54) is 0 Å². The zero-order valence-electron chi connectivity index (χ0n) is 11.3. The summed E-state index contributed by atoms with van der Waals surface area (Å²) in [5.74, 6) is -0.110. The van der Waals surface area contributed by atoms with Gasteiger partial charge in [0, 0.05) is 28.8 Å².